The van der Waals surface area contributed by atoms with Gasteiger partial charge < -0.3 is 15.5 Å². The molecule has 158 valence electrons. The number of pyridine rings is 1. The van der Waals surface area contributed by atoms with Gasteiger partial charge in [0.1, 0.15) is 5.82 Å². The van der Waals surface area contributed by atoms with Gasteiger partial charge in [-0.05, 0) is 55.7 Å². The van der Waals surface area contributed by atoms with Crippen LogP contribution >= 0.6 is 15.9 Å². The first-order valence-electron chi connectivity index (χ1n) is 9.97. The summed E-state index contributed by atoms with van der Waals surface area (Å²) in [5, 5.41) is 5.62. The summed E-state index contributed by atoms with van der Waals surface area (Å²) in [6.45, 7) is 3.31. The van der Waals surface area contributed by atoms with E-state index >= 15 is 0 Å². The Balaban J connectivity index is 1.38. The molecule has 0 saturated carbocycles. The number of piperidine rings is 1. The van der Waals surface area contributed by atoms with Gasteiger partial charge in [-0.15, -0.1) is 0 Å². The number of hydrogen-bond acceptors (Lipinski definition) is 4. The van der Waals surface area contributed by atoms with Gasteiger partial charge in [-0.2, -0.15) is 0 Å². The fraction of sp³-hybridized carbons (Fsp3) is 0.364. The number of carbonyl (C=O) groups is 3. The van der Waals surface area contributed by atoms with Crippen molar-refractivity contribution in [1.82, 2.24) is 15.2 Å². The van der Waals surface area contributed by atoms with Crippen LogP contribution < -0.4 is 10.6 Å². The number of hydrogen-bond donors (Lipinski definition) is 2. The summed E-state index contributed by atoms with van der Waals surface area (Å²) in [7, 11) is 0. The Bertz CT molecular complexity index is 892. The molecule has 0 aliphatic carbocycles. The summed E-state index contributed by atoms with van der Waals surface area (Å²) in [5.41, 5.74) is 1.59. The van der Waals surface area contributed by atoms with E-state index < -0.39 is 0 Å². The SMILES string of the molecule is Cc1ccc(NC(=O)C2CCN(C(=O)CCNC(=O)c3ccc(Br)cc3)CC2)nc1. The van der Waals surface area contributed by atoms with E-state index in [0.29, 0.717) is 37.3 Å². The van der Waals surface area contributed by atoms with Gasteiger partial charge in [0, 0.05) is 48.2 Å². The molecule has 2 N–H and O–H groups in total. The van der Waals surface area contributed by atoms with E-state index in [-0.39, 0.29) is 36.6 Å². The highest BCUT2D eigenvalue weighted by atomic mass is 79.9. The number of halogens is 1. The van der Waals surface area contributed by atoms with Crippen molar-refractivity contribution in [3.05, 3.63) is 58.2 Å². The Hall–Kier alpha value is -2.74. The third-order valence-electron chi connectivity index (χ3n) is 5.11. The molecule has 1 aliphatic rings. The Morgan fingerprint density at radius 2 is 1.80 bits per heavy atom. The number of aryl methyl sites for hydroxylation is 1. The standard InChI is InChI=1S/C22H25BrN4O3/c1-15-2-7-19(25-14-15)26-22(30)17-9-12-27(13-10-17)20(28)8-11-24-21(29)16-3-5-18(23)6-4-16/h2-7,14,17H,8-13H2,1H3,(H,24,29)(H,25,26,30). The zero-order chi connectivity index (χ0) is 21.5. The minimum Gasteiger partial charge on any atom is -0.352 e. The van der Waals surface area contributed by atoms with Crippen LogP contribution in [0.15, 0.2) is 47.1 Å². The maximum atomic E-state index is 12.4. The average molecular weight is 473 g/mol. The van der Waals surface area contributed by atoms with E-state index in [1.54, 1.807) is 41.4 Å². The summed E-state index contributed by atoms with van der Waals surface area (Å²) in [5.74, 6) is 0.153. The van der Waals surface area contributed by atoms with Crippen molar-refractivity contribution in [2.24, 2.45) is 5.92 Å². The number of amides is 3. The average Bonchev–Trinajstić information content (AvgIpc) is 2.75. The molecule has 0 spiro atoms. The van der Waals surface area contributed by atoms with Crippen molar-refractivity contribution in [1.29, 1.82) is 0 Å². The molecule has 1 saturated heterocycles. The summed E-state index contributed by atoms with van der Waals surface area (Å²) >= 11 is 3.33. The zero-order valence-electron chi connectivity index (χ0n) is 16.9. The normalized spacial score (nSPS) is 14.3. The second-order valence-corrected chi connectivity index (χ2v) is 8.29. The van der Waals surface area contributed by atoms with Crippen LogP contribution in [0, 0.1) is 12.8 Å². The summed E-state index contributed by atoms with van der Waals surface area (Å²) in [4.78, 5) is 42.9. The molecule has 8 heteroatoms. The van der Waals surface area contributed by atoms with Gasteiger partial charge in [0.2, 0.25) is 11.8 Å². The smallest absolute Gasteiger partial charge is 0.251 e. The predicted molar refractivity (Wildman–Crippen MR) is 118 cm³/mol. The molecule has 3 rings (SSSR count). The second kappa shape index (κ2) is 10.3. The predicted octanol–water partition coefficient (Wildman–Crippen LogP) is 3.15. The molecular formula is C22H25BrN4O3. The largest absolute Gasteiger partial charge is 0.352 e. The highest BCUT2D eigenvalue weighted by molar-refractivity contribution is 9.10. The molecular weight excluding hydrogens is 448 g/mol. The minimum absolute atomic E-state index is 0.00911. The van der Waals surface area contributed by atoms with Crippen LogP contribution in [0.25, 0.3) is 0 Å². The molecule has 1 fully saturated rings. The van der Waals surface area contributed by atoms with Gasteiger partial charge in [0.25, 0.3) is 5.91 Å². The van der Waals surface area contributed by atoms with E-state index in [1.165, 1.54) is 0 Å². The fourth-order valence-corrected chi connectivity index (χ4v) is 3.57. The molecule has 30 heavy (non-hydrogen) atoms. The fourth-order valence-electron chi connectivity index (χ4n) is 3.31. The molecule has 0 radical (unpaired) electrons. The number of likely N-dealkylation sites (tertiary alicyclic amines) is 1. The maximum Gasteiger partial charge on any atom is 0.251 e. The molecule has 2 heterocycles. The Kier molecular flexibility index (Phi) is 7.57. The molecule has 0 bridgehead atoms. The lowest BCUT2D eigenvalue weighted by molar-refractivity contribution is -0.134. The Morgan fingerprint density at radius 3 is 2.43 bits per heavy atom. The van der Waals surface area contributed by atoms with Crippen LogP contribution in [-0.4, -0.2) is 47.2 Å². The van der Waals surface area contributed by atoms with Crippen molar-refractivity contribution >= 4 is 39.5 Å². The number of benzene rings is 1. The van der Waals surface area contributed by atoms with Gasteiger partial charge in [-0.25, -0.2) is 4.98 Å². The van der Waals surface area contributed by atoms with E-state index in [4.69, 9.17) is 0 Å². The molecule has 1 aliphatic heterocycles. The number of rotatable bonds is 6. The quantitative estimate of drug-likeness (QED) is 0.675. The van der Waals surface area contributed by atoms with Crippen molar-refractivity contribution in [3.8, 4) is 0 Å². The molecule has 2 aromatic rings. The first kappa shape index (κ1) is 22.0. The minimum atomic E-state index is -0.199. The third kappa shape index (κ3) is 6.13. The van der Waals surface area contributed by atoms with Gasteiger partial charge in [-0.1, -0.05) is 22.0 Å². The monoisotopic (exact) mass is 472 g/mol. The number of nitrogens with zero attached hydrogens (tertiary/aromatic N) is 2. The van der Waals surface area contributed by atoms with Crippen LogP contribution in [0.4, 0.5) is 5.82 Å². The lowest BCUT2D eigenvalue weighted by atomic mass is 9.95. The molecule has 1 aromatic carbocycles. The lowest BCUT2D eigenvalue weighted by Crippen LogP contribution is -2.42. The first-order chi connectivity index (χ1) is 14.4. The number of nitrogens with one attached hydrogen (secondary N) is 2. The molecule has 1 aromatic heterocycles. The highest BCUT2D eigenvalue weighted by Crippen LogP contribution is 2.19. The second-order valence-electron chi connectivity index (χ2n) is 7.38. The van der Waals surface area contributed by atoms with Crippen LogP contribution in [0.2, 0.25) is 0 Å². The van der Waals surface area contributed by atoms with Crippen molar-refractivity contribution in [2.45, 2.75) is 26.2 Å². The topological polar surface area (TPSA) is 91.4 Å². The van der Waals surface area contributed by atoms with E-state index in [2.05, 4.69) is 31.5 Å². The number of aromatic nitrogens is 1. The van der Waals surface area contributed by atoms with Gasteiger partial charge in [-0.3, -0.25) is 14.4 Å². The van der Waals surface area contributed by atoms with Crippen LogP contribution in [0.1, 0.15) is 35.2 Å². The third-order valence-corrected chi connectivity index (χ3v) is 5.64. The van der Waals surface area contributed by atoms with Crippen molar-refractivity contribution < 1.29 is 14.4 Å². The van der Waals surface area contributed by atoms with Crippen LogP contribution in [-0.2, 0) is 9.59 Å². The van der Waals surface area contributed by atoms with E-state index in [1.807, 2.05) is 13.0 Å². The molecule has 7 nitrogen and oxygen atoms in total. The summed E-state index contributed by atoms with van der Waals surface area (Å²) in [6, 6.07) is 10.7. The van der Waals surface area contributed by atoms with E-state index in [9.17, 15) is 14.4 Å². The van der Waals surface area contributed by atoms with Gasteiger partial charge in [0.05, 0.1) is 0 Å². The van der Waals surface area contributed by atoms with Crippen molar-refractivity contribution in [3.63, 3.8) is 0 Å². The highest BCUT2D eigenvalue weighted by Gasteiger charge is 2.27. The van der Waals surface area contributed by atoms with E-state index in [0.717, 1.165) is 10.0 Å². The van der Waals surface area contributed by atoms with Gasteiger partial charge in [0.15, 0.2) is 0 Å². The molecule has 0 unspecified atom stereocenters. The Morgan fingerprint density at radius 1 is 1.10 bits per heavy atom. The van der Waals surface area contributed by atoms with Crippen LogP contribution in [0.3, 0.4) is 0 Å². The first-order valence-corrected chi connectivity index (χ1v) is 10.8. The lowest BCUT2D eigenvalue weighted by Gasteiger charge is -2.31. The summed E-state index contributed by atoms with van der Waals surface area (Å²) in [6.07, 6.45) is 3.20. The maximum absolute atomic E-state index is 12.4. The Labute approximate surface area is 184 Å². The zero-order valence-corrected chi connectivity index (χ0v) is 18.4. The summed E-state index contributed by atoms with van der Waals surface area (Å²) < 4.78 is 0.904. The van der Waals surface area contributed by atoms with Gasteiger partial charge >= 0.3 is 0 Å². The van der Waals surface area contributed by atoms with Crippen molar-refractivity contribution in [2.75, 3.05) is 25.0 Å². The number of anilines is 1. The molecule has 0 atom stereocenters. The number of carbonyl (C=O) groups excluding carboxylic acids is 3. The molecule has 3 amide bonds. The van der Waals surface area contributed by atoms with Crippen LogP contribution in [0.5, 0.6) is 0 Å².